The highest BCUT2D eigenvalue weighted by Crippen LogP contribution is 2.23. The number of halogens is 1. The predicted octanol–water partition coefficient (Wildman–Crippen LogP) is 3.80. The summed E-state index contributed by atoms with van der Waals surface area (Å²) in [6, 6.07) is 8.48. The van der Waals surface area contributed by atoms with E-state index in [0.717, 1.165) is 6.42 Å². The largest absolute Gasteiger partial charge is 0.299 e. The van der Waals surface area contributed by atoms with Crippen molar-refractivity contribution in [2.75, 3.05) is 0 Å². The van der Waals surface area contributed by atoms with Crippen LogP contribution in [0.3, 0.4) is 0 Å². The maximum atomic E-state index is 11.1. The molecule has 0 aliphatic carbocycles. The van der Waals surface area contributed by atoms with E-state index in [-0.39, 0.29) is 10.6 Å². The van der Waals surface area contributed by atoms with Gasteiger partial charge < -0.3 is 0 Å². The van der Waals surface area contributed by atoms with Gasteiger partial charge in [0.05, 0.1) is 4.83 Å². The average molecular weight is 283 g/mol. The molecular formula is C12H11BrOS. The number of fused-ring (bicyclic) bond motifs is 1. The standard InChI is InChI=1S/C12H11BrOS/c1-8(14)11(13)7-9-2-3-12-10(6-9)4-5-15-12/h2-6,11H,7H2,1H3. The Morgan fingerprint density at radius 1 is 1.47 bits per heavy atom. The second kappa shape index (κ2) is 4.45. The monoisotopic (exact) mass is 282 g/mol. The molecule has 1 nitrogen and oxygen atoms in total. The SMILES string of the molecule is CC(=O)C(Br)Cc1ccc2sccc2c1. The summed E-state index contributed by atoms with van der Waals surface area (Å²) in [6.45, 7) is 1.61. The smallest absolute Gasteiger partial charge is 0.143 e. The van der Waals surface area contributed by atoms with Gasteiger partial charge >= 0.3 is 0 Å². The minimum Gasteiger partial charge on any atom is -0.299 e. The van der Waals surface area contributed by atoms with Crippen LogP contribution < -0.4 is 0 Å². The van der Waals surface area contributed by atoms with Gasteiger partial charge in [0.1, 0.15) is 5.78 Å². The molecule has 1 heterocycles. The second-order valence-electron chi connectivity index (χ2n) is 3.58. The van der Waals surface area contributed by atoms with Crippen molar-refractivity contribution < 1.29 is 4.79 Å². The third-order valence-corrected chi connectivity index (χ3v) is 4.24. The molecule has 0 saturated carbocycles. The molecule has 1 atom stereocenters. The van der Waals surface area contributed by atoms with Gasteiger partial charge in [-0.2, -0.15) is 0 Å². The van der Waals surface area contributed by atoms with E-state index in [9.17, 15) is 4.79 Å². The number of Topliss-reactive ketones (excluding diaryl/α,β-unsaturated/α-hetero) is 1. The highest BCUT2D eigenvalue weighted by Gasteiger charge is 2.10. The second-order valence-corrected chi connectivity index (χ2v) is 5.63. The first kappa shape index (κ1) is 10.8. The Labute approximate surface area is 101 Å². The highest BCUT2D eigenvalue weighted by atomic mass is 79.9. The maximum absolute atomic E-state index is 11.1. The molecule has 0 aliphatic rings. The molecule has 0 amide bonds. The quantitative estimate of drug-likeness (QED) is 0.783. The van der Waals surface area contributed by atoms with E-state index in [2.05, 4.69) is 45.6 Å². The average Bonchev–Trinajstić information content (AvgIpc) is 2.64. The zero-order valence-electron chi connectivity index (χ0n) is 8.37. The first-order valence-corrected chi connectivity index (χ1v) is 6.57. The van der Waals surface area contributed by atoms with Crippen LogP contribution in [0.5, 0.6) is 0 Å². The number of carbonyl (C=O) groups is 1. The Balaban J connectivity index is 2.24. The molecule has 0 N–H and O–H groups in total. The molecule has 2 aromatic rings. The Bertz CT molecular complexity index is 489. The number of rotatable bonds is 3. The van der Waals surface area contributed by atoms with Crippen molar-refractivity contribution >= 4 is 43.1 Å². The lowest BCUT2D eigenvalue weighted by atomic mass is 10.1. The number of hydrogen-bond donors (Lipinski definition) is 0. The minimum atomic E-state index is -0.0615. The zero-order chi connectivity index (χ0) is 10.8. The summed E-state index contributed by atoms with van der Waals surface area (Å²) in [5, 5.41) is 3.35. The van der Waals surface area contributed by atoms with Gasteiger partial charge in [-0.3, -0.25) is 4.79 Å². The summed E-state index contributed by atoms with van der Waals surface area (Å²) in [7, 11) is 0. The summed E-state index contributed by atoms with van der Waals surface area (Å²) in [5.41, 5.74) is 1.21. The van der Waals surface area contributed by atoms with E-state index in [1.807, 2.05) is 0 Å². The van der Waals surface area contributed by atoms with Gasteiger partial charge in [-0.1, -0.05) is 28.1 Å². The van der Waals surface area contributed by atoms with Crippen molar-refractivity contribution in [3.05, 3.63) is 35.2 Å². The van der Waals surface area contributed by atoms with Crippen molar-refractivity contribution in [1.29, 1.82) is 0 Å². The molecule has 0 saturated heterocycles. The lowest BCUT2D eigenvalue weighted by Gasteiger charge is -2.05. The van der Waals surface area contributed by atoms with Gasteiger partial charge in [0.25, 0.3) is 0 Å². The Morgan fingerprint density at radius 3 is 3.00 bits per heavy atom. The number of ketones is 1. The number of benzene rings is 1. The van der Waals surface area contributed by atoms with Gasteiger partial charge in [-0.25, -0.2) is 0 Å². The molecule has 1 aromatic heterocycles. The van der Waals surface area contributed by atoms with Crippen LogP contribution in [0.4, 0.5) is 0 Å². The Hall–Kier alpha value is -0.670. The van der Waals surface area contributed by atoms with E-state index in [1.165, 1.54) is 15.6 Å². The molecule has 0 aliphatic heterocycles. The number of hydrogen-bond acceptors (Lipinski definition) is 2. The number of alkyl halides is 1. The first-order chi connectivity index (χ1) is 7.16. The lowest BCUT2D eigenvalue weighted by Crippen LogP contribution is -2.12. The molecule has 0 spiro atoms. The molecular weight excluding hydrogens is 272 g/mol. The Morgan fingerprint density at radius 2 is 2.27 bits per heavy atom. The van der Waals surface area contributed by atoms with E-state index >= 15 is 0 Å². The fraction of sp³-hybridized carbons (Fsp3) is 0.250. The zero-order valence-corrected chi connectivity index (χ0v) is 10.8. The molecule has 15 heavy (non-hydrogen) atoms. The highest BCUT2D eigenvalue weighted by molar-refractivity contribution is 9.10. The van der Waals surface area contributed by atoms with Gasteiger partial charge in [-0.05, 0) is 41.8 Å². The molecule has 3 heteroatoms. The fourth-order valence-corrected chi connectivity index (χ4v) is 2.64. The third kappa shape index (κ3) is 2.47. The van der Waals surface area contributed by atoms with Crippen LogP contribution in [-0.2, 0) is 11.2 Å². The van der Waals surface area contributed by atoms with E-state index in [1.54, 1.807) is 18.3 Å². The molecule has 0 fully saturated rings. The first-order valence-electron chi connectivity index (χ1n) is 4.77. The van der Waals surface area contributed by atoms with Crippen LogP contribution in [0, 0.1) is 0 Å². The topological polar surface area (TPSA) is 17.1 Å². The lowest BCUT2D eigenvalue weighted by molar-refractivity contribution is -0.116. The fourth-order valence-electron chi connectivity index (χ4n) is 1.49. The van der Waals surface area contributed by atoms with Gasteiger partial charge in [0, 0.05) is 4.70 Å². The molecule has 2 rings (SSSR count). The summed E-state index contributed by atoms with van der Waals surface area (Å²) in [4.78, 5) is 11.1. The summed E-state index contributed by atoms with van der Waals surface area (Å²) >= 11 is 5.13. The van der Waals surface area contributed by atoms with Crippen molar-refractivity contribution in [3.8, 4) is 0 Å². The summed E-state index contributed by atoms with van der Waals surface area (Å²) in [5.74, 6) is 0.181. The van der Waals surface area contributed by atoms with Crippen LogP contribution in [0.25, 0.3) is 10.1 Å². The third-order valence-electron chi connectivity index (χ3n) is 2.37. The predicted molar refractivity (Wildman–Crippen MR) is 68.9 cm³/mol. The molecule has 0 bridgehead atoms. The van der Waals surface area contributed by atoms with E-state index in [4.69, 9.17) is 0 Å². The summed E-state index contributed by atoms with van der Waals surface area (Å²) in [6.07, 6.45) is 0.765. The van der Waals surface area contributed by atoms with Crippen molar-refractivity contribution in [2.24, 2.45) is 0 Å². The molecule has 78 valence electrons. The summed E-state index contributed by atoms with van der Waals surface area (Å²) < 4.78 is 1.30. The van der Waals surface area contributed by atoms with Crippen molar-refractivity contribution in [1.82, 2.24) is 0 Å². The van der Waals surface area contributed by atoms with Gasteiger partial charge in [-0.15, -0.1) is 11.3 Å². The van der Waals surface area contributed by atoms with Gasteiger partial charge in [0.15, 0.2) is 0 Å². The van der Waals surface area contributed by atoms with Crippen LogP contribution in [0.2, 0.25) is 0 Å². The van der Waals surface area contributed by atoms with Crippen LogP contribution in [0.15, 0.2) is 29.6 Å². The van der Waals surface area contributed by atoms with Crippen LogP contribution in [-0.4, -0.2) is 10.6 Å². The van der Waals surface area contributed by atoms with Gasteiger partial charge in [0.2, 0.25) is 0 Å². The number of thiophene rings is 1. The van der Waals surface area contributed by atoms with Crippen molar-refractivity contribution in [2.45, 2.75) is 18.2 Å². The molecule has 1 unspecified atom stereocenters. The number of carbonyl (C=O) groups excluding carboxylic acids is 1. The van der Waals surface area contributed by atoms with Crippen molar-refractivity contribution in [3.63, 3.8) is 0 Å². The normalized spacial score (nSPS) is 12.9. The molecule has 0 radical (unpaired) electrons. The van der Waals surface area contributed by atoms with Crippen LogP contribution in [0.1, 0.15) is 12.5 Å². The minimum absolute atomic E-state index is 0.0615. The van der Waals surface area contributed by atoms with E-state index < -0.39 is 0 Å². The maximum Gasteiger partial charge on any atom is 0.143 e. The Kier molecular flexibility index (Phi) is 3.22. The van der Waals surface area contributed by atoms with Crippen LogP contribution >= 0.6 is 27.3 Å². The molecule has 1 aromatic carbocycles. The van der Waals surface area contributed by atoms with E-state index in [0.29, 0.717) is 0 Å².